The van der Waals surface area contributed by atoms with Crippen molar-refractivity contribution in [1.29, 1.82) is 0 Å². The van der Waals surface area contributed by atoms with E-state index in [9.17, 15) is 9.59 Å². The molecule has 30 heavy (non-hydrogen) atoms. The third-order valence-corrected chi connectivity index (χ3v) is 4.40. The zero-order valence-corrected chi connectivity index (χ0v) is 16.5. The van der Waals surface area contributed by atoms with E-state index in [1.54, 1.807) is 17.1 Å². The summed E-state index contributed by atoms with van der Waals surface area (Å²) in [6.45, 7) is -0.374. The minimum Gasteiger partial charge on any atom is -0.482 e. The van der Waals surface area contributed by atoms with Crippen LogP contribution in [0, 0.1) is 0 Å². The number of carboxylic acid groups (broad SMARTS) is 1. The second kappa shape index (κ2) is 10.7. The monoisotopic (exact) mass is 404 g/mol. The van der Waals surface area contributed by atoms with E-state index in [1.165, 1.54) is 0 Å². The molecule has 6 heteroatoms. The molecule has 154 valence electrons. The van der Waals surface area contributed by atoms with E-state index in [0.29, 0.717) is 25.0 Å². The van der Waals surface area contributed by atoms with Gasteiger partial charge in [0, 0.05) is 6.42 Å². The SMILES string of the molecule is O=C(O)COc1cccc(CCCC(=O)NN(c2ccccc2)c2ccccc2)c1. The van der Waals surface area contributed by atoms with E-state index in [0.717, 1.165) is 16.9 Å². The van der Waals surface area contributed by atoms with Gasteiger partial charge in [-0.3, -0.25) is 15.2 Å². The van der Waals surface area contributed by atoms with Crippen molar-refractivity contribution in [2.24, 2.45) is 0 Å². The molecule has 0 heterocycles. The molecule has 3 aromatic rings. The number of aryl methyl sites for hydroxylation is 1. The molecule has 0 unspecified atom stereocenters. The lowest BCUT2D eigenvalue weighted by molar-refractivity contribution is -0.139. The van der Waals surface area contributed by atoms with Crippen molar-refractivity contribution in [3.63, 3.8) is 0 Å². The molecule has 1 amide bonds. The van der Waals surface area contributed by atoms with Crippen LogP contribution in [0.15, 0.2) is 84.9 Å². The summed E-state index contributed by atoms with van der Waals surface area (Å²) in [6.07, 6.45) is 1.70. The van der Waals surface area contributed by atoms with Crippen molar-refractivity contribution in [3.8, 4) is 5.75 Å². The number of hydrogen-bond donors (Lipinski definition) is 2. The number of hydrazine groups is 1. The normalized spacial score (nSPS) is 10.3. The van der Waals surface area contributed by atoms with Gasteiger partial charge in [-0.05, 0) is 54.8 Å². The predicted octanol–water partition coefficient (Wildman–Crippen LogP) is 4.34. The van der Waals surface area contributed by atoms with Crippen LogP contribution >= 0.6 is 0 Å². The molecule has 0 spiro atoms. The molecule has 0 aliphatic heterocycles. The minimum absolute atomic E-state index is 0.0824. The summed E-state index contributed by atoms with van der Waals surface area (Å²) in [7, 11) is 0. The first kappa shape index (κ1) is 20.9. The van der Waals surface area contributed by atoms with Gasteiger partial charge in [0.2, 0.25) is 5.91 Å². The van der Waals surface area contributed by atoms with Crippen LogP contribution in [0.1, 0.15) is 18.4 Å². The summed E-state index contributed by atoms with van der Waals surface area (Å²) in [5.74, 6) is -0.585. The third-order valence-electron chi connectivity index (χ3n) is 4.40. The lowest BCUT2D eigenvalue weighted by Gasteiger charge is -2.25. The van der Waals surface area contributed by atoms with Gasteiger partial charge in [0.05, 0.1) is 11.4 Å². The maximum atomic E-state index is 12.6. The van der Waals surface area contributed by atoms with Gasteiger partial charge < -0.3 is 9.84 Å². The number of nitrogens with one attached hydrogen (secondary N) is 1. The van der Waals surface area contributed by atoms with Crippen LogP contribution in [0.25, 0.3) is 0 Å². The zero-order valence-electron chi connectivity index (χ0n) is 16.5. The molecule has 0 bridgehead atoms. The highest BCUT2D eigenvalue weighted by atomic mass is 16.5. The Morgan fingerprint density at radius 2 is 1.50 bits per heavy atom. The summed E-state index contributed by atoms with van der Waals surface area (Å²) < 4.78 is 5.20. The van der Waals surface area contributed by atoms with E-state index in [4.69, 9.17) is 9.84 Å². The molecular formula is C24H24N2O4. The Balaban J connectivity index is 1.56. The van der Waals surface area contributed by atoms with E-state index in [1.807, 2.05) is 72.8 Å². The number of rotatable bonds is 10. The molecule has 0 saturated carbocycles. The average Bonchev–Trinajstić information content (AvgIpc) is 2.77. The van der Waals surface area contributed by atoms with Crippen LogP contribution in [0.5, 0.6) is 5.75 Å². The van der Waals surface area contributed by atoms with Crippen LogP contribution in [-0.4, -0.2) is 23.6 Å². The van der Waals surface area contributed by atoms with Crippen LogP contribution < -0.4 is 15.2 Å². The highest BCUT2D eigenvalue weighted by Gasteiger charge is 2.12. The molecule has 6 nitrogen and oxygen atoms in total. The van der Waals surface area contributed by atoms with Crippen LogP contribution in [-0.2, 0) is 16.0 Å². The summed E-state index contributed by atoms with van der Waals surface area (Å²) in [5, 5.41) is 10.5. The lowest BCUT2D eigenvalue weighted by atomic mass is 10.1. The molecule has 0 atom stereocenters. The Morgan fingerprint density at radius 1 is 0.867 bits per heavy atom. The fourth-order valence-electron chi connectivity index (χ4n) is 3.00. The Hall–Kier alpha value is -3.80. The number of hydrogen-bond acceptors (Lipinski definition) is 4. The van der Waals surface area contributed by atoms with Gasteiger partial charge in [0.1, 0.15) is 5.75 Å². The quantitative estimate of drug-likeness (QED) is 0.492. The molecule has 3 rings (SSSR count). The van der Waals surface area contributed by atoms with Crippen molar-refractivity contribution in [3.05, 3.63) is 90.5 Å². The first-order valence-electron chi connectivity index (χ1n) is 9.75. The fourth-order valence-corrected chi connectivity index (χ4v) is 3.00. The highest BCUT2D eigenvalue weighted by Crippen LogP contribution is 2.22. The van der Waals surface area contributed by atoms with Gasteiger partial charge in [0.15, 0.2) is 6.61 Å². The Kier molecular flexibility index (Phi) is 7.44. The van der Waals surface area contributed by atoms with Crippen molar-refractivity contribution in [2.45, 2.75) is 19.3 Å². The van der Waals surface area contributed by atoms with E-state index in [2.05, 4.69) is 5.43 Å². The van der Waals surface area contributed by atoms with Gasteiger partial charge in [-0.15, -0.1) is 0 Å². The van der Waals surface area contributed by atoms with Crippen LogP contribution in [0.3, 0.4) is 0 Å². The molecule has 0 fully saturated rings. The van der Waals surface area contributed by atoms with Crippen molar-refractivity contribution < 1.29 is 19.4 Å². The summed E-state index contributed by atoms with van der Waals surface area (Å²) in [5.41, 5.74) is 5.73. The minimum atomic E-state index is -1.02. The van der Waals surface area contributed by atoms with Gasteiger partial charge >= 0.3 is 5.97 Å². The van der Waals surface area contributed by atoms with Gasteiger partial charge in [-0.2, -0.15) is 0 Å². The maximum absolute atomic E-state index is 12.6. The smallest absolute Gasteiger partial charge is 0.341 e. The number of nitrogens with zero attached hydrogens (tertiary/aromatic N) is 1. The number of amides is 1. The molecule has 2 N–H and O–H groups in total. The molecule has 0 aliphatic rings. The molecule has 0 radical (unpaired) electrons. The number of carbonyl (C=O) groups is 2. The Bertz CT molecular complexity index is 922. The first-order chi connectivity index (χ1) is 14.6. The van der Waals surface area contributed by atoms with Gasteiger partial charge in [-0.25, -0.2) is 4.79 Å². The van der Waals surface area contributed by atoms with E-state index in [-0.39, 0.29) is 12.5 Å². The summed E-state index contributed by atoms with van der Waals surface area (Å²) in [6, 6.07) is 26.6. The number of ether oxygens (including phenoxy) is 1. The highest BCUT2D eigenvalue weighted by molar-refractivity contribution is 5.80. The van der Waals surface area contributed by atoms with E-state index >= 15 is 0 Å². The maximum Gasteiger partial charge on any atom is 0.341 e. The molecular weight excluding hydrogens is 380 g/mol. The predicted molar refractivity (Wildman–Crippen MR) is 116 cm³/mol. The number of anilines is 2. The first-order valence-corrected chi connectivity index (χ1v) is 9.75. The standard InChI is InChI=1S/C24H24N2O4/c27-23(16-8-10-19-9-7-15-22(17-19)30-18-24(28)29)25-26(20-11-3-1-4-12-20)21-13-5-2-6-14-21/h1-7,9,11-15,17H,8,10,16,18H2,(H,25,27)(H,28,29). The molecule has 0 aliphatic carbocycles. The second-order valence-electron chi connectivity index (χ2n) is 6.72. The van der Waals surface area contributed by atoms with Crippen molar-refractivity contribution >= 4 is 23.3 Å². The fraction of sp³-hybridized carbons (Fsp3) is 0.167. The van der Waals surface area contributed by atoms with Crippen molar-refractivity contribution in [2.75, 3.05) is 11.6 Å². The number of carboxylic acids is 1. The number of benzene rings is 3. The lowest BCUT2D eigenvalue weighted by Crippen LogP contribution is -2.38. The topological polar surface area (TPSA) is 78.9 Å². The average molecular weight is 404 g/mol. The molecule has 0 saturated heterocycles. The summed E-state index contributed by atoms with van der Waals surface area (Å²) >= 11 is 0. The number of para-hydroxylation sites is 2. The summed E-state index contributed by atoms with van der Waals surface area (Å²) in [4.78, 5) is 23.2. The number of aliphatic carboxylic acids is 1. The van der Waals surface area contributed by atoms with E-state index < -0.39 is 5.97 Å². The Labute approximate surface area is 175 Å². The van der Waals surface area contributed by atoms with Crippen LogP contribution in [0.4, 0.5) is 11.4 Å². The third kappa shape index (κ3) is 6.38. The van der Waals surface area contributed by atoms with Gasteiger partial charge in [-0.1, -0.05) is 48.5 Å². The molecule has 3 aromatic carbocycles. The largest absolute Gasteiger partial charge is 0.482 e. The number of carbonyl (C=O) groups excluding carboxylic acids is 1. The van der Waals surface area contributed by atoms with Crippen molar-refractivity contribution in [1.82, 2.24) is 5.43 Å². The Morgan fingerprint density at radius 3 is 2.10 bits per heavy atom. The van der Waals surface area contributed by atoms with Crippen LogP contribution in [0.2, 0.25) is 0 Å². The zero-order chi connectivity index (χ0) is 21.2. The second-order valence-corrected chi connectivity index (χ2v) is 6.72. The van der Waals surface area contributed by atoms with Gasteiger partial charge in [0.25, 0.3) is 0 Å². The molecule has 0 aromatic heterocycles.